The van der Waals surface area contributed by atoms with Gasteiger partial charge in [-0.3, -0.25) is 10.1 Å². The van der Waals surface area contributed by atoms with Gasteiger partial charge in [0, 0.05) is 12.6 Å². The normalized spacial score (nSPS) is 21.2. The lowest BCUT2D eigenvalue weighted by atomic mass is 9.96. The van der Waals surface area contributed by atoms with Crippen LogP contribution in [0.2, 0.25) is 0 Å². The van der Waals surface area contributed by atoms with Crippen LogP contribution in [0.15, 0.2) is 12.1 Å². The molecule has 3 nitrogen and oxygen atoms in total. The maximum absolute atomic E-state index is 12.0. The Morgan fingerprint density at radius 2 is 1.85 bits per heavy atom. The summed E-state index contributed by atoms with van der Waals surface area (Å²) in [5.74, 6) is 0.149. The van der Waals surface area contributed by atoms with Crippen molar-refractivity contribution in [1.82, 2.24) is 10.6 Å². The maximum atomic E-state index is 12.0. The van der Waals surface area contributed by atoms with Gasteiger partial charge in [-0.15, -0.1) is 0 Å². The molecule has 0 aliphatic carbocycles. The molecule has 1 aliphatic rings. The average Bonchev–Trinajstić information content (AvgIpc) is 2.59. The first kappa shape index (κ1) is 15.0. The largest absolute Gasteiger partial charge is 0.355 e. The number of hydrogen-bond donors (Lipinski definition) is 2. The number of benzene rings is 1. The van der Waals surface area contributed by atoms with Crippen molar-refractivity contribution in [3.05, 3.63) is 34.4 Å². The molecule has 2 rings (SSSR count). The van der Waals surface area contributed by atoms with Crippen LogP contribution < -0.4 is 10.6 Å². The molecule has 20 heavy (non-hydrogen) atoms. The van der Waals surface area contributed by atoms with Gasteiger partial charge in [-0.2, -0.15) is 0 Å². The topological polar surface area (TPSA) is 41.1 Å². The molecule has 2 N–H and O–H groups in total. The molecule has 1 aliphatic heterocycles. The lowest BCUT2D eigenvalue weighted by molar-refractivity contribution is -0.123. The first-order valence-electron chi connectivity index (χ1n) is 7.60. The highest BCUT2D eigenvalue weighted by molar-refractivity contribution is 5.82. The fourth-order valence-electron chi connectivity index (χ4n) is 2.94. The average molecular weight is 274 g/mol. The Morgan fingerprint density at radius 1 is 1.15 bits per heavy atom. The highest BCUT2D eigenvalue weighted by atomic mass is 16.2. The van der Waals surface area contributed by atoms with Gasteiger partial charge < -0.3 is 5.32 Å². The second-order valence-corrected chi connectivity index (χ2v) is 6.02. The summed E-state index contributed by atoms with van der Waals surface area (Å²) in [5, 5.41) is 6.49. The van der Waals surface area contributed by atoms with E-state index in [2.05, 4.69) is 50.5 Å². The van der Waals surface area contributed by atoms with E-state index in [0.29, 0.717) is 0 Å². The minimum Gasteiger partial charge on any atom is -0.355 e. The van der Waals surface area contributed by atoms with E-state index in [0.717, 1.165) is 25.8 Å². The molecule has 0 aromatic heterocycles. The summed E-state index contributed by atoms with van der Waals surface area (Å²) in [6.07, 6.45) is 3.12. The summed E-state index contributed by atoms with van der Waals surface area (Å²) in [7, 11) is 0. The van der Waals surface area contributed by atoms with Crippen molar-refractivity contribution in [2.45, 2.75) is 59.0 Å². The third-order valence-electron chi connectivity index (χ3n) is 4.34. The van der Waals surface area contributed by atoms with Crippen LogP contribution >= 0.6 is 0 Å². The predicted octanol–water partition coefficient (Wildman–Crippen LogP) is 2.93. The molecule has 0 spiro atoms. The molecule has 2 atom stereocenters. The first-order chi connectivity index (χ1) is 9.49. The third-order valence-corrected chi connectivity index (χ3v) is 4.34. The number of hydrogen-bond acceptors (Lipinski definition) is 2. The molecule has 1 aromatic rings. The number of rotatable bonds is 3. The van der Waals surface area contributed by atoms with Crippen molar-refractivity contribution in [2.24, 2.45) is 0 Å². The lowest BCUT2D eigenvalue weighted by Gasteiger charge is -2.23. The fraction of sp³-hybridized carbons (Fsp3) is 0.588. The quantitative estimate of drug-likeness (QED) is 0.890. The molecular formula is C17H26N2O. The van der Waals surface area contributed by atoms with Gasteiger partial charge in [0.1, 0.15) is 0 Å². The molecule has 110 valence electrons. The smallest absolute Gasteiger partial charge is 0.237 e. The van der Waals surface area contributed by atoms with E-state index in [1.54, 1.807) is 0 Å². The van der Waals surface area contributed by atoms with Gasteiger partial charge >= 0.3 is 0 Å². The monoisotopic (exact) mass is 274 g/mol. The van der Waals surface area contributed by atoms with Crippen LogP contribution in [0.25, 0.3) is 0 Å². The Kier molecular flexibility index (Phi) is 4.81. The Labute approximate surface area is 122 Å². The molecule has 1 saturated heterocycles. The summed E-state index contributed by atoms with van der Waals surface area (Å²) in [6.45, 7) is 9.39. The van der Waals surface area contributed by atoms with Crippen molar-refractivity contribution in [3.63, 3.8) is 0 Å². The molecule has 3 heteroatoms. The SMILES string of the molecule is Cc1cc(C)c(C(C)NC2CCCCNC2=O)cc1C. The van der Waals surface area contributed by atoms with Gasteiger partial charge in [-0.1, -0.05) is 12.1 Å². The maximum Gasteiger partial charge on any atom is 0.237 e. The van der Waals surface area contributed by atoms with E-state index in [-0.39, 0.29) is 18.0 Å². The Hall–Kier alpha value is -1.35. The van der Waals surface area contributed by atoms with Crippen LogP contribution in [0.4, 0.5) is 0 Å². The molecule has 1 fully saturated rings. The van der Waals surface area contributed by atoms with Crippen molar-refractivity contribution < 1.29 is 4.79 Å². The van der Waals surface area contributed by atoms with Crippen LogP contribution in [-0.2, 0) is 4.79 Å². The summed E-state index contributed by atoms with van der Waals surface area (Å²) >= 11 is 0. The van der Waals surface area contributed by atoms with Crippen molar-refractivity contribution in [3.8, 4) is 0 Å². The van der Waals surface area contributed by atoms with Gasteiger partial charge in [0.25, 0.3) is 0 Å². The van der Waals surface area contributed by atoms with Gasteiger partial charge in [0.05, 0.1) is 6.04 Å². The molecule has 0 saturated carbocycles. The molecule has 1 amide bonds. The highest BCUT2D eigenvalue weighted by Crippen LogP contribution is 2.22. The Morgan fingerprint density at radius 3 is 2.60 bits per heavy atom. The third kappa shape index (κ3) is 3.40. The molecule has 0 bridgehead atoms. The number of carbonyl (C=O) groups is 1. The molecular weight excluding hydrogens is 248 g/mol. The second kappa shape index (κ2) is 6.40. The van der Waals surface area contributed by atoms with E-state index in [4.69, 9.17) is 0 Å². The molecule has 0 radical (unpaired) electrons. The van der Waals surface area contributed by atoms with Crippen molar-refractivity contribution in [1.29, 1.82) is 0 Å². The lowest BCUT2D eigenvalue weighted by Crippen LogP contribution is -2.43. The summed E-state index contributed by atoms with van der Waals surface area (Å²) in [4.78, 5) is 12.0. The molecule has 2 unspecified atom stereocenters. The first-order valence-corrected chi connectivity index (χ1v) is 7.60. The number of aryl methyl sites for hydroxylation is 3. The van der Waals surface area contributed by atoms with Crippen molar-refractivity contribution >= 4 is 5.91 Å². The zero-order valence-electron chi connectivity index (χ0n) is 13.0. The van der Waals surface area contributed by atoms with E-state index in [1.807, 2.05) is 0 Å². The van der Waals surface area contributed by atoms with Gasteiger partial charge in [-0.05, 0) is 69.2 Å². The van der Waals surface area contributed by atoms with Gasteiger partial charge in [-0.25, -0.2) is 0 Å². The van der Waals surface area contributed by atoms with E-state index in [1.165, 1.54) is 22.3 Å². The van der Waals surface area contributed by atoms with E-state index < -0.39 is 0 Å². The second-order valence-electron chi connectivity index (χ2n) is 6.02. The summed E-state index contributed by atoms with van der Waals surface area (Å²) < 4.78 is 0. The van der Waals surface area contributed by atoms with Crippen LogP contribution in [-0.4, -0.2) is 18.5 Å². The Balaban J connectivity index is 2.13. The summed E-state index contributed by atoms with van der Waals surface area (Å²) in [6, 6.07) is 4.61. The predicted molar refractivity (Wildman–Crippen MR) is 82.9 cm³/mol. The van der Waals surface area contributed by atoms with Crippen LogP contribution in [0, 0.1) is 20.8 Å². The molecule has 1 heterocycles. The number of carbonyl (C=O) groups excluding carboxylic acids is 1. The van der Waals surface area contributed by atoms with Crippen molar-refractivity contribution in [2.75, 3.05) is 6.54 Å². The van der Waals surface area contributed by atoms with Crippen LogP contribution in [0.1, 0.15) is 54.5 Å². The van der Waals surface area contributed by atoms with E-state index in [9.17, 15) is 4.79 Å². The van der Waals surface area contributed by atoms with E-state index >= 15 is 0 Å². The minimum atomic E-state index is -0.0616. The van der Waals surface area contributed by atoms with Crippen LogP contribution in [0.5, 0.6) is 0 Å². The number of nitrogens with one attached hydrogen (secondary N) is 2. The standard InChI is InChI=1S/C17H26N2O/c1-11-9-13(3)15(10-12(11)2)14(4)19-16-7-5-6-8-18-17(16)20/h9-10,14,16,19H,5-8H2,1-4H3,(H,18,20). The van der Waals surface area contributed by atoms with Gasteiger partial charge in [0.15, 0.2) is 0 Å². The minimum absolute atomic E-state index is 0.0616. The zero-order valence-corrected chi connectivity index (χ0v) is 13.0. The fourth-order valence-corrected chi connectivity index (χ4v) is 2.94. The number of amides is 1. The van der Waals surface area contributed by atoms with Gasteiger partial charge in [0.2, 0.25) is 5.91 Å². The zero-order chi connectivity index (χ0) is 14.7. The van der Waals surface area contributed by atoms with Crippen LogP contribution in [0.3, 0.4) is 0 Å². The molecule has 1 aromatic carbocycles. The summed E-state index contributed by atoms with van der Waals surface area (Å²) in [5.41, 5.74) is 5.22. The highest BCUT2D eigenvalue weighted by Gasteiger charge is 2.23. The Bertz CT molecular complexity index is 496.